The molecule has 0 unspecified atom stereocenters. The summed E-state index contributed by atoms with van der Waals surface area (Å²) in [6.07, 6.45) is 0. The molecule has 0 aliphatic carbocycles. The van der Waals surface area contributed by atoms with E-state index in [1.807, 2.05) is 0 Å². The van der Waals surface area contributed by atoms with Gasteiger partial charge in [-0.3, -0.25) is 9.52 Å². The maximum Gasteiger partial charge on any atom is 0.261 e. The summed E-state index contributed by atoms with van der Waals surface area (Å²) in [5, 5.41) is 2.39. The molecule has 3 rings (SSSR count). The average Bonchev–Trinajstić information content (AvgIpc) is 2.67. The summed E-state index contributed by atoms with van der Waals surface area (Å²) in [4.78, 5) is 13.5. The standard InChI is InChI=1S/C21H18F3N3O3S/c1-27(2)20-18(23)11-16(12-19(20)24)25-21(28)13-3-7-15(8-4-13)26-31(29,30)17-9-5-14(22)6-10-17/h3-12,26H,1-2H3,(H,25,28). The van der Waals surface area contributed by atoms with Gasteiger partial charge in [0.05, 0.1) is 4.90 Å². The van der Waals surface area contributed by atoms with Crippen molar-refractivity contribution in [3.63, 3.8) is 0 Å². The number of carbonyl (C=O) groups is 1. The first-order chi connectivity index (χ1) is 14.6. The van der Waals surface area contributed by atoms with Gasteiger partial charge in [0, 0.05) is 31.0 Å². The summed E-state index contributed by atoms with van der Waals surface area (Å²) < 4.78 is 68.1. The fraction of sp³-hybridized carbons (Fsp3) is 0.0952. The van der Waals surface area contributed by atoms with Crippen molar-refractivity contribution in [1.82, 2.24) is 0 Å². The molecular formula is C21H18F3N3O3S. The number of sulfonamides is 1. The van der Waals surface area contributed by atoms with Crippen molar-refractivity contribution < 1.29 is 26.4 Å². The van der Waals surface area contributed by atoms with Crippen LogP contribution in [0.15, 0.2) is 65.6 Å². The fourth-order valence-electron chi connectivity index (χ4n) is 2.79. The molecule has 1 amide bonds. The van der Waals surface area contributed by atoms with E-state index in [9.17, 15) is 26.4 Å². The third-order valence-electron chi connectivity index (χ3n) is 4.25. The molecule has 2 N–H and O–H groups in total. The Kier molecular flexibility index (Phi) is 6.21. The van der Waals surface area contributed by atoms with Crippen LogP contribution in [0.1, 0.15) is 10.4 Å². The van der Waals surface area contributed by atoms with Gasteiger partial charge in [-0.05, 0) is 60.7 Å². The first kappa shape index (κ1) is 22.2. The molecule has 162 valence electrons. The zero-order valence-electron chi connectivity index (χ0n) is 16.5. The van der Waals surface area contributed by atoms with Gasteiger partial charge in [0.15, 0.2) is 11.6 Å². The molecule has 0 spiro atoms. The number of hydrogen-bond acceptors (Lipinski definition) is 4. The van der Waals surface area contributed by atoms with E-state index in [0.29, 0.717) is 0 Å². The van der Waals surface area contributed by atoms with Crippen molar-refractivity contribution in [3.8, 4) is 0 Å². The molecule has 0 bridgehead atoms. The van der Waals surface area contributed by atoms with Gasteiger partial charge in [-0.15, -0.1) is 0 Å². The Balaban J connectivity index is 1.73. The Morgan fingerprint density at radius 2 is 1.39 bits per heavy atom. The Labute approximate surface area is 177 Å². The average molecular weight is 449 g/mol. The number of nitrogens with zero attached hydrogens (tertiary/aromatic N) is 1. The monoisotopic (exact) mass is 449 g/mol. The van der Waals surface area contributed by atoms with Crippen molar-refractivity contribution in [2.45, 2.75) is 4.90 Å². The van der Waals surface area contributed by atoms with Crippen molar-refractivity contribution in [1.29, 1.82) is 0 Å². The van der Waals surface area contributed by atoms with E-state index < -0.39 is 33.4 Å². The number of nitrogens with one attached hydrogen (secondary N) is 2. The molecule has 0 aliphatic rings. The van der Waals surface area contributed by atoms with Crippen LogP contribution in [0, 0.1) is 17.5 Å². The van der Waals surface area contributed by atoms with Crippen LogP contribution in [0.2, 0.25) is 0 Å². The summed E-state index contributed by atoms with van der Waals surface area (Å²) in [5.74, 6) is -2.86. The minimum atomic E-state index is -3.94. The summed E-state index contributed by atoms with van der Waals surface area (Å²) in [6, 6.07) is 11.7. The van der Waals surface area contributed by atoms with Crippen LogP contribution in [0.5, 0.6) is 0 Å². The van der Waals surface area contributed by atoms with E-state index >= 15 is 0 Å². The lowest BCUT2D eigenvalue weighted by molar-refractivity contribution is 0.102. The molecule has 0 fully saturated rings. The number of carbonyl (C=O) groups excluding carboxylic acids is 1. The van der Waals surface area contributed by atoms with Crippen LogP contribution in [0.25, 0.3) is 0 Å². The maximum absolute atomic E-state index is 14.1. The van der Waals surface area contributed by atoms with Crippen molar-refractivity contribution in [2.24, 2.45) is 0 Å². The van der Waals surface area contributed by atoms with Crippen LogP contribution in [0.4, 0.5) is 30.2 Å². The summed E-state index contributed by atoms with van der Waals surface area (Å²) in [5.41, 5.74) is 0.0259. The van der Waals surface area contributed by atoms with E-state index in [1.165, 1.54) is 43.3 Å². The molecule has 3 aromatic carbocycles. The number of hydrogen-bond donors (Lipinski definition) is 2. The van der Waals surface area contributed by atoms with Gasteiger partial charge in [0.1, 0.15) is 11.5 Å². The minimum Gasteiger partial charge on any atom is -0.373 e. The molecule has 0 aliphatic heterocycles. The van der Waals surface area contributed by atoms with Gasteiger partial charge in [0.2, 0.25) is 0 Å². The fourth-order valence-corrected chi connectivity index (χ4v) is 3.84. The lowest BCUT2D eigenvalue weighted by Crippen LogP contribution is -2.16. The SMILES string of the molecule is CN(C)c1c(F)cc(NC(=O)c2ccc(NS(=O)(=O)c3ccc(F)cc3)cc2)cc1F. The Morgan fingerprint density at radius 1 is 0.839 bits per heavy atom. The van der Waals surface area contributed by atoms with Gasteiger partial charge in [-0.25, -0.2) is 21.6 Å². The van der Waals surface area contributed by atoms with E-state index in [1.54, 1.807) is 0 Å². The number of anilines is 3. The normalized spacial score (nSPS) is 11.1. The molecule has 31 heavy (non-hydrogen) atoms. The number of halogens is 3. The molecule has 0 atom stereocenters. The highest BCUT2D eigenvalue weighted by atomic mass is 32.2. The van der Waals surface area contributed by atoms with Gasteiger partial charge >= 0.3 is 0 Å². The second kappa shape index (κ2) is 8.68. The van der Waals surface area contributed by atoms with E-state index in [-0.39, 0.29) is 27.5 Å². The lowest BCUT2D eigenvalue weighted by atomic mass is 10.2. The zero-order chi connectivity index (χ0) is 22.8. The first-order valence-corrected chi connectivity index (χ1v) is 10.4. The predicted molar refractivity (Wildman–Crippen MR) is 112 cm³/mol. The molecule has 6 nitrogen and oxygen atoms in total. The highest BCUT2D eigenvalue weighted by Crippen LogP contribution is 2.26. The van der Waals surface area contributed by atoms with Crippen molar-refractivity contribution in [3.05, 3.63) is 83.7 Å². The number of benzene rings is 3. The summed E-state index contributed by atoms with van der Waals surface area (Å²) in [7, 11) is -0.954. The van der Waals surface area contributed by atoms with Crippen LogP contribution < -0.4 is 14.9 Å². The van der Waals surface area contributed by atoms with Crippen LogP contribution in [0.3, 0.4) is 0 Å². The van der Waals surface area contributed by atoms with Gasteiger partial charge in [0.25, 0.3) is 15.9 Å². The van der Waals surface area contributed by atoms with Crippen molar-refractivity contribution in [2.75, 3.05) is 29.0 Å². The topological polar surface area (TPSA) is 78.5 Å². The summed E-state index contributed by atoms with van der Waals surface area (Å²) in [6.45, 7) is 0. The highest BCUT2D eigenvalue weighted by Gasteiger charge is 2.16. The molecule has 0 saturated carbocycles. The van der Waals surface area contributed by atoms with E-state index in [2.05, 4.69) is 10.0 Å². The first-order valence-electron chi connectivity index (χ1n) is 8.93. The molecule has 3 aromatic rings. The molecule has 0 aromatic heterocycles. The molecule has 0 saturated heterocycles. The van der Waals surface area contributed by atoms with Crippen LogP contribution >= 0.6 is 0 Å². The van der Waals surface area contributed by atoms with Crippen molar-refractivity contribution >= 4 is 33.0 Å². The summed E-state index contributed by atoms with van der Waals surface area (Å²) >= 11 is 0. The Morgan fingerprint density at radius 3 is 1.90 bits per heavy atom. The van der Waals surface area contributed by atoms with Crippen LogP contribution in [-0.4, -0.2) is 28.4 Å². The van der Waals surface area contributed by atoms with E-state index in [4.69, 9.17) is 0 Å². The zero-order valence-corrected chi connectivity index (χ0v) is 17.3. The smallest absolute Gasteiger partial charge is 0.261 e. The van der Waals surface area contributed by atoms with Gasteiger partial charge in [-0.1, -0.05) is 0 Å². The largest absolute Gasteiger partial charge is 0.373 e. The maximum atomic E-state index is 14.1. The third kappa shape index (κ3) is 5.15. The lowest BCUT2D eigenvalue weighted by Gasteiger charge is -2.16. The molecule has 0 radical (unpaired) electrons. The predicted octanol–water partition coefficient (Wildman–Crippen LogP) is 4.22. The Bertz CT molecular complexity index is 1190. The minimum absolute atomic E-state index is 0.0633. The van der Waals surface area contributed by atoms with Gasteiger partial charge in [-0.2, -0.15) is 0 Å². The molecule has 0 heterocycles. The second-order valence-electron chi connectivity index (χ2n) is 6.77. The van der Waals surface area contributed by atoms with E-state index in [0.717, 1.165) is 36.4 Å². The Hall–Kier alpha value is -3.53. The van der Waals surface area contributed by atoms with Gasteiger partial charge < -0.3 is 10.2 Å². The quantitative estimate of drug-likeness (QED) is 0.591. The second-order valence-corrected chi connectivity index (χ2v) is 8.46. The highest BCUT2D eigenvalue weighted by molar-refractivity contribution is 7.92. The third-order valence-corrected chi connectivity index (χ3v) is 5.64. The molecule has 10 heteroatoms. The molecular weight excluding hydrogens is 431 g/mol. The number of amides is 1. The number of rotatable bonds is 6. The van der Waals surface area contributed by atoms with Crippen LogP contribution in [-0.2, 0) is 10.0 Å².